The highest BCUT2D eigenvalue weighted by molar-refractivity contribution is 9.10. The van der Waals surface area contributed by atoms with Gasteiger partial charge in [0.15, 0.2) is 5.75 Å². The van der Waals surface area contributed by atoms with Crippen molar-refractivity contribution in [2.45, 2.75) is 19.4 Å². The van der Waals surface area contributed by atoms with Crippen molar-refractivity contribution in [1.29, 1.82) is 0 Å². The fraction of sp³-hybridized carbons (Fsp3) is 0.267. The summed E-state index contributed by atoms with van der Waals surface area (Å²) in [6, 6.07) is 6.56. The van der Waals surface area contributed by atoms with Crippen LogP contribution in [-0.2, 0) is 0 Å². The van der Waals surface area contributed by atoms with Gasteiger partial charge in [0.25, 0.3) is 0 Å². The van der Waals surface area contributed by atoms with Crippen LogP contribution >= 0.6 is 27.5 Å². The third-order valence-corrected chi connectivity index (χ3v) is 3.87. The number of ether oxygens (including phenoxy) is 1. The number of nitrogens with one attached hydrogen (secondary N) is 1. The number of nitrogens with zero attached hydrogens (tertiary/aromatic N) is 1. The molecule has 112 valence electrons. The Kier molecular flexibility index (Phi) is 5.42. The summed E-state index contributed by atoms with van der Waals surface area (Å²) in [5.74, 6) is 0.316. The molecule has 1 unspecified atom stereocenters. The summed E-state index contributed by atoms with van der Waals surface area (Å²) in [6.45, 7) is 2.02. The maximum atomic E-state index is 13.0. The van der Waals surface area contributed by atoms with Crippen LogP contribution in [0.2, 0.25) is 5.02 Å². The van der Waals surface area contributed by atoms with Crippen molar-refractivity contribution in [3.63, 3.8) is 0 Å². The highest BCUT2D eigenvalue weighted by Crippen LogP contribution is 2.38. The number of methoxy groups -OCH3 is 1. The molecular formula is C15H15BrClFN2O. The third kappa shape index (κ3) is 3.86. The highest BCUT2D eigenvalue weighted by atomic mass is 79.9. The molecule has 0 amide bonds. The number of hydrogen-bond donors (Lipinski definition) is 1. The smallest absolute Gasteiger partial charge is 0.156 e. The SMILES string of the molecule is CCC(Nc1cc(Cl)cc(Br)c1OC)c1ccc(F)cn1. The molecule has 1 aromatic heterocycles. The summed E-state index contributed by atoms with van der Waals surface area (Å²) >= 11 is 9.50. The molecule has 0 saturated carbocycles. The van der Waals surface area contributed by atoms with Crippen LogP contribution in [0.25, 0.3) is 0 Å². The maximum absolute atomic E-state index is 13.0. The molecule has 0 saturated heterocycles. The van der Waals surface area contributed by atoms with E-state index in [1.165, 1.54) is 12.3 Å². The third-order valence-electron chi connectivity index (χ3n) is 3.06. The van der Waals surface area contributed by atoms with Crippen molar-refractivity contribution >= 4 is 33.2 Å². The molecule has 0 bridgehead atoms. The molecule has 0 radical (unpaired) electrons. The van der Waals surface area contributed by atoms with Gasteiger partial charge in [-0.1, -0.05) is 18.5 Å². The van der Waals surface area contributed by atoms with E-state index in [9.17, 15) is 4.39 Å². The number of aromatic nitrogens is 1. The maximum Gasteiger partial charge on any atom is 0.156 e. The Morgan fingerprint density at radius 1 is 1.43 bits per heavy atom. The fourth-order valence-corrected chi connectivity index (χ4v) is 3.01. The lowest BCUT2D eigenvalue weighted by Crippen LogP contribution is -2.12. The van der Waals surface area contributed by atoms with Crippen molar-refractivity contribution in [2.75, 3.05) is 12.4 Å². The van der Waals surface area contributed by atoms with Crippen molar-refractivity contribution in [1.82, 2.24) is 4.98 Å². The monoisotopic (exact) mass is 372 g/mol. The average Bonchev–Trinajstić information content (AvgIpc) is 2.45. The van der Waals surface area contributed by atoms with E-state index in [4.69, 9.17) is 16.3 Å². The number of hydrogen-bond acceptors (Lipinski definition) is 3. The molecule has 0 spiro atoms. The van der Waals surface area contributed by atoms with E-state index >= 15 is 0 Å². The molecule has 0 fully saturated rings. The molecule has 2 aromatic rings. The van der Waals surface area contributed by atoms with Crippen molar-refractivity contribution in [3.05, 3.63) is 51.5 Å². The van der Waals surface area contributed by atoms with Crippen LogP contribution in [0.15, 0.2) is 34.9 Å². The minimum absolute atomic E-state index is 0.0649. The summed E-state index contributed by atoms with van der Waals surface area (Å²) in [5.41, 5.74) is 1.52. The van der Waals surface area contributed by atoms with Gasteiger partial charge < -0.3 is 10.1 Å². The zero-order chi connectivity index (χ0) is 15.4. The van der Waals surface area contributed by atoms with E-state index in [0.717, 1.165) is 22.3 Å². The van der Waals surface area contributed by atoms with Gasteiger partial charge in [0.1, 0.15) is 5.82 Å². The molecular weight excluding hydrogens is 359 g/mol. The lowest BCUT2D eigenvalue weighted by molar-refractivity contribution is 0.413. The van der Waals surface area contributed by atoms with Crippen molar-refractivity contribution < 1.29 is 9.13 Å². The van der Waals surface area contributed by atoms with E-state index in [-0.39, 0.29) is 11.9 Å². The normalized spacial score (nSPS) is 12.0. The zero-order valence-electron chi connectivity index (χ0n) is 11.7. The highest BCUT2D eigenvalue weighted by Gasteiger charge is 2.15. The molecule has 3 nitrogen and oxygen atoms in total. The van der Waals surface area contributed by atoms with Gasteiger partial charge in [0.05, 0.1) is 35.2 Å². The van der Waals surface area contributed by atoms with Gasteiger partial charge in [0, 0.05) is 5.02 Å². The Labute approximate surface area is 136 Å². The minimum atomic E-state index is -0.350. The van der Waals surface area contributed by atoms with Crippen LogP contribution < -0.4 is 10.1 Å². The van der Waals surface area contributed by atoms with Gasteiger partial charge in [-0.15, -0.1) is 0 Å². The lowest BCUT2D eigenvalue weighted by Gasteiger charge is -2.20. The number of rotatable bonds is 5. The second-order valence-corrected chi connectivity index (χ2v) is 5.77. The Morgan fingerprint density at radius 2 is 2.19 bits per heavy atom. The first-order chi connectivity index (χ1) is 10.0. The summed E-state index contributed by atoms with van der Waals surface area (Å²) in [6.07, 6.45) is 2.00. The summed E-state index contributed by atoms with van der Waals surface area (Å²) in [5, 5.41) is 3.93. The summed E-state index contributed by atoms with van der Waals surface area (Å²) < 4.78 is 19.1. The van der Waals surface area contributed by atoms with Gasteiger partial charge in [-0.2, -0.15) is 0 Å². The molecule has 0 aliphatic heterocycles. The van der Waals surface area contributed by atoms with E-state index < -0.39 is 0 Å². The number of pyridine rings is 1. The Bertz CT molecular complexity index is 622. The lowest BCUT2D eigenvalue weighted by atomic mass is 10.1. The summed E-state index contributed by atoms with van der Waals surface area (Å²) in [7, 11) is 1.59. The fourth-order valence-electron chi connectivity index (χ4n) is 2.04. The molecule has 1 N–H and O–H groups in total. The number of anilines is 1. The number of halogens is 3. The standard InChI is InChI=1S/C15H15BrClFN2O/c1-3-12(13-5-4-10(18)8-19-13)20-14-7-9(17)6-11(16)15(14)21-2/h4-8,12,20H,3H2,1-2H3. The largest absolute Gasteiger partial charge is 0.493 e. The van der Waals surface area contributed by atoms with Crippen molar-refractivity contribution in [2.24, 2.45) is 0 Å². The Morgan fingerprint density at radius 3 is 2.76 bits per heavy atom. The van der Waals surface area contributed by atoms with E-state index in [0.29, 0.717) is 10.8 Å². The predicted octanol–water partition coefficient (Wildman–Crippen LogP) is 5.21. The van der Waals surface area contributed by atoms with Gasteiger partial charge in [-0.05, 0) is 46.6 Å². The van der Waals surface area contributed by atoms with Crippen molar-refractivity contribution in [3.8, 4) is 5.75 Å². The Hall–Kier alpha value is -1.33. The molecule has 0 aliphatic rings. The van der Waals surface area contributed by atoms with Gasteiger partial charge in [0.2, 0.25) is 0 Å². The molecule has 1 atom stereocenters. The molecule has 0 aliphatic carbocycles. The van der Waals surface area contributed by atoms with Crippen LogP contribution in [0.5, 0.6) is 5.75 Å². The van der Waals surface area contributed by atoms with Gasteiger partial charge in [-0.3, -0.25) is 4.98 Å². The number of benzene rings is 1. The molecule has 2 rings (SSSR count). The second kappa shape index (κ2) is 7.09. The van der Waals surface area contributed by atoms with Crippen LogP contribution in [-0.4, -0.2) is 12.1 Å². The first-order valence-corrected chi connectivity index (χ1v) is 7.63. The first-order valence-electron chi connectivity index (χ1n) is 6.46. The predicted molar refractivity (Wildman–Crippen MR) is 86.6 cm³/mol. The van der Waals surface area contributed by atoms with Gasteiger partial charge >= 0.3 is 0 Å². The second-order valence-electron chi connectivity index (χ2n) is 4.47. The quantitative estimate of drug-likeness (QED) is 0.781. The van der Waals surface area contributed by atoms with E-state index in [1.807, 2.05) is 6.92 Å². The summed E-state index contributed by atoms with van der Waals surface area (Å²) in [4.78, 5) is 4.12. The van der Waals surface area contributed by atoms with E-state index in [1.54, 1.807) is 25.3 Å². The Balaban J connectivity index is 2.32. The zero-order valence-corrected chi connectivity index (χ0v) is 14.0. The van der Waals surface area contributed by atoms with Crippen LogP contribution in [0.4, 0.5) is 10.1 Å². The molecule has 1 heterocycles. The molecule has 21 heavy (non-hydrogen) atoms. The molecule has 1 aromatic carbocycles. The minimum Gasteiger partial charge on any atom is -0.493 e. The van der Waals surface area contributed by atoms with Crippen LogP contribution in [0, 0.1) is 5.82 Å². The van der Waals surface area contributed by atoms with Crippen LogP contribution in [0.3, 0.4) is 0 Å². The molecule has 6 heteroatoms. The topological polar surface area (TPSA) is 34.1 Å². The van der Waals surface area contributed by atoms with Gasteiger partial charge in [-0.25, -0.2) is 4.39 Å². The first kappa shape index (κ1) is 16.0. The average molecular weight is 374 g/mol. The van der Waals surface area contributed by atoms with E-state index in [2.05, 4.69) is 26.2 Å². The van der Waals surface area contributed by atoms with Crippen LogP contribution in [0.1, 0.15) is 25.1 Å².